The van der Waals surface area contributed by atoms with Crippen LogP contribution in [0.1, 0.15) is 40.0 Å². The molecule has 0 atom stereocenters. The third-order valence-electron chi connectivity index (χ3n) is 5.25. The average molecular weight is 322 g/mol. The molecule has 1 aromatic heterocycles. The van der Waals surface area contributed by atoms with E-state index >= 15 is 0 Å². The lowest BCUT2D eigenvalue weighted by atomic mass is 9.88. The van der Waals surface area contributed by atoms with Gasteiger partial charge in [0, 0.05) is 37.1 Å². The molecular weight excluding hydrogens is 300 g/mol. The Morgan fingerprint density at radius 3 is 2.58 bits per heavy atom. The molecule has 2 aliphatic rings. The summed E-state index contributed by atoms with van der Waals surface area (Å²) in [4.78, 5) is 13.8. The van der Waals surface area contributed by atoms with Crippen LogP contribution in [0.2, 0.25) is 0 Å². The molecule has 1 N–H and O–H groups in total. The van der Waals surface area contributed by atoms with Crippen LogP contribution in [0, 0.1) is 0 Å². The Bertz CT molecular complexity index is 822. The summed E-state index contributed by atoms with van der Waals surface area (Å²) in [5.41, 5.74) is 6.82. The Morgan fingerprint density at radius 2 is 1.83 bits per heavy atom. The molecule has 4 heteroatoms. The topological polar surface area (TPSA) is 45.5 Å². The second kappa shape index (κ2) is 5.95. The van der Waals surface area contributed by atoms with Crippen molar-refractivity contribution >= 4 is 11.5 Å². The molecular formula is C20H22N2O2. The monoisotopic (exact) mass is 322 g/mol. The molecule has 0 saturated carbocycles. The minimum Gasteiger partial charge on any atom is -0.478 e. The zero-order chi connectivity index (χ0) is 16.7. The van der Waals surface area contributed by atoms with Crippen molar-refractivity contribution < 1.29 is 9.90 Å². The molecule has 0 amide bonds. The zero-order valence-electron chi connectivity index (χ0n) is 14.0. The summed E-state index contributed by atoms with van der Waals surface area (Å²) in [6, 6.07) is 10.4. The van der Waals surface area contributed by atoms with Crippen LogP contribution in [0.15, 0.2) is 42.1 Å². The molecule has 4 nitrogen and oxygen atoms in total. The number of aromatic nitrogens is 1. The molecule has 1 aromatic carbocycles. The fourth-order valence-electron chi connectivity index (χ4n) is 3.89. The Hall–Kier alpha value is -2.33. The van der Waals surface area contributed by atoms with Crippen LogP contribution in [-0.4, -0.2) is 40.7 Å². The van der Waals surface area contributed by atoms with Crippen molar-refractivity contribution in [1.82, 2.24) is 9.47 Å². The molecule has 1 saturated heterocycles. The number of carboxylic acid groups (broad SMARTS) is 1. The van der Waals surface area contributed by atoms with E-state index < -0.39 is 5.97 Å². The van der Waals surface area contributed by atoms with Crippen molar-refractivity contribution in [3.63, 3.8) is 0 Å². The lowest BCUT2D eigenvalue weighted by Gasteiger charge is -2.27. The van der Waals surface area contributed by atoms with E-state index in [0.717, 1.165) is 44.6 Å². The third kappa shape index (κ3) is 2.57. The number of fused-ring (bicyclic) bond motifs is 2. The van der Waals surface area contributed by atoms with Gasteiger partial charge in [-0.2, -0.15) is 0 Å². The molecule has 4 rings (SSSR count). The van der Waals surface area contributed by atoms with Crippen molar-refractivity contribution in [2.45, 2.75) is 25.8 Å². The molecule has 3 heterocycles. The highest BCUT2D eigenvalue weighted by atomic mass is 16.4. The molecule has 124 valence electrons. The maximum atomic E-state index is 11.4. The minimum atomic E-state index is -0.850. The third-order valence-corrected chi connectivity index (χ3v) is 5.25. The maximum absolute atomic E-state index is 11.4. The highest BCUT2D eigenvalue weighted by Crippen LogP contribution is 2.37. The van der Waals surface area contributed by atoms with Gasteiger partial charge in [-0.1, -0.05) is 29.8 Å². The standard InChI is InChI=1S/C20H22N2O2/c1-21-9-6-15(7-10-21)19-17-5-3-2-4-14(17)8-11-22-13-16(20(23)24)12-18(19)22/h2-5,12-13H,6-11H2,1H3,(H,23,24). The Balaban J connectivity index is 1.92. The highest BCUT2D eigenvalue weighted by Gasteiger charge is 2.24. The van der Waals surface area contributed by atoms with E-state index in [1.54, 1.807) is 6.20 Å². The van der Waals surface area contributed by atoms with Gasteiger partial charge in [-0.15, -0.1) is 0 Å². The molecule has 1 fully saturated rings. The van der Waals surface area contributed by atoms with Crippen LogP contribution in [0.4, 0.5) is 0 Å². The summed E-state index contributed by atoms with van der Waals surface area (Å²) in [6.45, 7) is 2.96. The lowest BCUT2D eigenvalue weighted by molar-refractivity contribution is 0.0697. The SMILES string of the molecule is CN1CCC(=C2c3ccccc3CCn3cc(C(=O)O)cc32)CC1. The fourth-order valence-corrected chi connectivity index (χ4v) is 3.89. The molecule has 0 radical (unpaired) electrons. The molecule has 0 unspecified atom stereocenters. The normalized spacial score (nSPS) is 18.0. The van der Waals surface area contributed by atoms with Gasteiger partial charge < -0.3 is 14.6 Å². The molecule has 0 aliphatic carbocycles. The number of likely N-dealkylation sites (tertiary alicyclic amines) is 1. The van der Waals surface area contributed by atoms with E-state index in [4.69, 9.17) is 0 Å². The van der Waals surface area contributed by atoms with Gasteiger partial charge in [0.05, 0.1) is 5.56 Å². The van der Waals surface area contributed by atoms with Crippen LogP contribution in [0.3, 0.4) is 0 Å². The van der Waals surface area contributed by atoms with Crippen LogP contribution < -0.4 is 0 Å². The number of carbonyl (C=O) groups is 1. The number of aromatic carboxylic acids is 1. The van der Waals surface area contributed by atoms with Crippen molar-refractivity contribution in [3.8, 4) is 0 Å². The minimum absolute atomic E-state index is 0.385. The first-order chi connectivity index (χ1) is 11.6. The number of hydrogen-bond donors (Lipinski definition) is 1. The van der Waals surface area contributed by atoms with E-state index in [0.29, 0.717) is 5.56 Å². The summed E-state index contributed by atoms with van der Waals surface area (Å²) in [7, 11) is 2.16. The number of rotatable bonds is 1. The van der Waals surface area contributed by atoms with Crippen LogP contribution in [0.5, 0.6) is 0 Å². The summed E-state index contributed by atoms with van der Waals surface area (Å²) in [6.07, 6.45) is 4.83. The summed E-state index contributed by atoms with van der Waals surface area (Å²) < 4.78 is 2.13. The first-order valence-electron chi connectivity index (χ1n) is 8.56. The Kier molecular flexibility index (Phi) is 3.77. The molecule has 2 aromatic rings. The quantitative estimate of drug-likeness (QED) is 0.876. The molecule has 0 spiro atoms. The van der Waals surface area contributed by atoms with E-state index in [1.165, 1.54) is 22.3 Å². The van der Waals surface area contributed by atoms with Crippen molar-refractivity contribution in [1.29, 1.82) is 0 Å². The number of carboxylic acids is 1. The second-order valence-electron chi connectivity index (χ2n) is 6.80. The highest BCUT2D eigenvalue weighted by molar-refractivity contribution is 5.91. The van der Waals surface area contributed by atoms with Crippen molar-refractivity contribution in [2.75, 3.05) is 20.1 Å². The van der Waals surface area contributed by atoms with E-state index in [1.807, 2.05) is 6.07 Å². The average Bonchev–Trinajstić information content (AvgIpc) is 2.94. The van der Waals surface area contributed by atoms with Crippen LogP contribution in [-0.2, 0) is 13.0 Å². The Labute approximate surface area is 142 Å². The lowest BCUT2D eigenvalue weighted by Crippen LogP contribution is -2.27. The predicted octanol–water partition coefficient (Wildman–Crippen LogP) is 3.27. The fraction of sp³-hybridized carbons (Fsp3) is 0.350. The Morgan fingerprint density at radius 1 is 1.08 bits per heavy atom. The number of aryl methyl sites for hydroxylation is 2. The van der Waals surface area contributed by atoms with Gasteiger partial charge in [0.15, 0.2) is 0 Å². The van der Waals surface area contributed by atoms with Gasteiger partial charge in [-0.3, -0.25) is 0 Å². The number of benzene rings is 1. The van der Waals surface area contributed by atoms with E-state index in [9.17, 15) is 9.90 Å². The zero-order valence-corrected chi connectivity index (χ0v) is 14.0. The molecule has 2 aliphatic heterocycles. The summed E-state index contributed by atoms with van der Waals surface area (Å²) in [5.74, 6) is -0.850. The van der Waals surface area contributed by atoms with Crippen molar-refractivity contribution in [2.24, 2.45) is 0 Å². The first-order valence-corrected chi connectivity index (χ1v) is 8.56. The molecule has 0 bridgehead atoms. The van der Waals surface area contributed by atoms with Gasteiger partial charge >= 0.3 is 5.97 Å². The van der Waals surface area contributed by atoms with Gasteiger partial charge in [0.2, 0.25) is 0 Å². The first kappa shape index (κ1) is 15.2. The summed E-state index contributed by atoms with van der Waals surface area (Å²) in [5, 5.41) is 9.39. The number of nitrogens with zero attached hydrogens (tertiary/aromatic N) is 2. The van der Waals surface area contributed by atoms with Gasteiger partial charge in [-0.25, -0.2) is 4.79 Å². The predicted molar refractivity (Wildman–Crippen MR) is 94.3 cm³/mol. The van der Waals surface area contributed by atoms with Crippen LogP contribution in [0.25, 0.3) is 5.57 Å². The number of piperidine rings is 1. The van der Waals surface area contributed by atoms with Gasteiger partial charge in [0.1, 0.15) is 0 Å². The summed E-state index contributed by atoms with van der Waals surface area (Å²) >= 11 is 0. The van der Waals surface area contributed by atoms with Crippen molar-refractivity contribution in [3.05, 3.63) is 64.5 Å². The van der Waals surface area contributed by atoms with Crippen LogP contribution >= 0.6 is 0 Å². The van der Waals surface area contributed by atoms with E-state index in [-0.39, 0.29) is 0 Å². The maximum Gasteiger partial charge on any atom is 0.337 e. The number of hydrogen-bond acceptors (Lipinski definition) is 2. The van der Waals surface area contributed by atoms with E-state index in [2.05, 4.69) is 40.8 Å². The smallest absolute Gasteiger partial charge is 0.337 e. The second-order valence-corrected chi connectivity index (χ2v) is 6.80. The van der Waals surface area contributed by atoms with Gasteiger partial charge in [-0.05, 0) is 43.5 Å². The largest absolute Gasteiger partial charge is 0.478 e. The molecule has 24 heavy (non-hydrogen) atoms. The van der Waals surface area contributed by atoms with Gasteiger partial charge in [0.25, 0.3) is 0 Å².